The number of hydrogen-bond acceptors (Lipinski definition) is 4. The molecule has 6 heteroatoms. The molecule has 2 aliphatic heterocycles. The lowest BCUT2D eigenvalue weighted by Crippen LogP contribution is -2.49. The minimum absolute atomic E-state index is 0.507. The molecular weight excluding hydrogens is 328 g/mol. The molecule has 2 N–H and O–H groups in total. The van der Waals surface area contributed by atoms with Crippen LogP contribution >= 0.6 is 0 Å². The first-order valence-electron chi connectivity index (χ1n) is 10.2. The molecule has 2 heterocycles. The number of nitrogens with zero attached hydrogens (tertiary/aromatic N) is 2. The van der Waals surface area contributed by atoms with E-state index in [-0.39, 0.29) is 0 Å². The summed E-state index contributed by atoms with van der Waals surface area (Å²) in [7, 11) is 1.84. The van der Waals surface area contributed by atoms with Gasteiger partial charge in [-0.1, -0.05) is 12.2 Å². The Labute approximate surface area is 159 Å². The summed E-state index contributed by atoms with van der Waals surface area (Å²) < 4.78 is 11.2. The van der Waals surface area contributed by atoms with Gasteiger partial charge in [0.2, 0.25) is 0 Å². The van der Waals surface area contributed by atoms with Crippen molar-refractivity contribution in [2.24, 2.45) is 10.9 Å². The Morgan fingerprint density at radius 3 is 2.62 bits per heavy atom. The standard InChI is InChI=1S/C20H38N4O2/c1-17(2)15-24-10-5-19(6-11-24)23-20(21-3)22-9-4-12-26-16-18-7-13-25-14-8-18/h18-19H,1,4-16H2,2-3H3,(H2,21,22,23). The molecule has 0 aromatic rings. The fourth-order valence-corrected chi connectivity index (χ4v) is 3.55. The fourth-order valence-electron chi connectivity index (χ4n) is 3.55. The molecule has 0 saturated carbocycles. The van der Waals surface area contributed by atoms with Crippen LogP contribution in [0.25, 0.3) is 0 Å². The molecule has 2 rings (SSSR count). The maximum Gasteiger partial charge on any atom is 0.191 e. The van der Waals surface area contributed by atoms with Crippen molar-refractivity contribution in [2.75, 3.05) is 59.7 Å². The number of ether oxygens (including phenoxy) is 2. The maximum absolute atomic E-state index is 5.81. The van der Waals surface area contributed by atoms with E-state index in [1.165, 1.54) is 5.57 Å². The first-order valence-corrected chi connectivity index (χ1v) is 10.2. The van der Waals surface area contributed by atoms with Crippen LogP contribution in [0, 0.1) is 5.92 Å². The molecule has 0 atom stereocenters. The van der Waals surface area contributed by atoms with Crippen molar-refractivity contribution in [2.45, 2.75) is 45.1 Å². The van der Waals surface area contributed by atoms with Crippen molar-refractivity contribution in [3.63, 3.8) is 0 Å². The summed E-state index contributed by atoms with van der Waals surface area (Å²) in [4.78, 5) is 6.83. The van der Waals surface area contributed by atoms with Crippen LogP contribution in [0.3, 0.4) is 0 Å². The SMILES string of the molecule is C=C(C)CN1CCC(NC(=NC)NCCCOCC2CCOCC2)CC1. The second-order valence-electron chi connectivity index (χ2n) is 7.64. The molecule has 0 aromatic carbocycles. The molecule has 2 saturated heterocycles. The minimum atomic E-state index is 0.507. The van der Waals surface area contributed by atoms with Crippen LogP contribution in [0.15, 0.2) is 17.1 Å². The summed E-state index contributed by atoms with van der Waals surface area (Å²) in [6, 6.07) is 0.507. The monoisotopic (exact) mass is 366 g/mol. The van der Waals surface area contributed by atoms with Crippen LogP contribution in [-0.4, -0.2) is 76.6 Å². The molecule has 150 valence electrons. The average molecular weight is 367 g/mol. The van der Waals surface area contributed by atoms with Crippen LogP contribution in [0.2, 0.25) is 0 Å². The number of guanidine groups is 1. The van der Waals surface area contributed by atoms with E-state index in [2.05, 4.69) is 34.0 Å². The molecule has 2 fully saturated rings. The number of aliphatic imine (C=N–C) groups is 1. The predicted octanol–water partition coefficient (Wildman–Crippen LogP) is 2.03. The Kier molecular flexibility index (Phi) is 10.0. The van der Waals surface area contributed by atoms with Gasteiger partial charge in [0.1, 0.15) is 0 Å². The second-order valence-corrected chi connectivity index (χ2v) is 7.64. The van der Waals surface area contributed by atoms with Crippen LogP contribution in [0.5, 0.6) is 0 Å². The molecule has 26 heavy (non-hydrogen) atoms. The molecule has 0 unspecified atom stereocenters. The molecule has 0 aliphatic carbocycles. The largest absolute Gasteiger partial charge is 0.381 e. The average Bonchev–Trinajstić information content (AvgIpc) is 2.65. The summed E-state index contributed by atoms with van der Waals surface area (Å²) in [6.07, 6.45) is 5.59. The minimum Gasteiger partial charge on any atom is -0.381 e. The normalized spacial score (nSPS) is 20.9. The lowest BCUT2D eigenvalue weighted by molar-refractivity contribution is 0.0203. The first kappa shape index (κ1) is 21.2. The van der Waals surface area contributed by atoms with Gasteiger partial charge in [-0.3, -0.25) is 9.89 Å². The smallest absolute Gasteiger partial charge is 0.191 e. The van der Waals surface area contributed by atoms with E-state index in [1.54, 1.807) is 0 Å². The third kappa shape index (κ3) is 8.52. The van der Waals surface area contributed by atoms with Gasteiger partial charge in [0.05, 0.1) is 0 Å². The van der Waals surface area contributed by atoms with E-state index in [0.29, 0.717) is 12.0 Å². The quantitative estimate of drug-likeness (QED) is 0.283. The predicted molar refractivity (Wildman–Crippen MR) is 108 cm³/mol. The summed E-state index contributed by atoms with van der Waals surface area (Å²) in [5.74, 6) is 1.59. The van der Waals surface area contributed by atoms with Gasteiger partial charge in [-0.05, 0) is 44.9 Å². The van der Waals surface area contributed by atoms with Crippen molar-refractivity contribution in [3.8, 4) is 0 Å². The van der Waals surface area contributed by atoms with Crippen LogP contribution < -0.4 is 10.6 Å². The van der Waals surface area contributed by atoms with Gasteiger partial charge in [0.25, 0.3) is 0 Å². The highest BCUT2D eigenvalue weighted by Gasteiger charge is 2.19. The zero-order valence-electron chi connectivity index (χ0n) is 16.8. The van der Waals surface area contributed by atoms with Crippen molar-refractivity contribution < 1.29 is 9.47 Å². The molecule has 0 amide bonds. The molecule has 2 aliphatic rings. The number of piperidine rings is 1. The fraction of sp³-hybridized carbons (Fsp3) is 0.850. The Bertz CT molecular complexity index is 428. The van der Waals surface area contributed by atoms with E-state index < -0.39 is 0 Å². The molecule has 0 spiro atoms. The molecule has 6 nitrogen and oxygen atoms in total. The number of hydrogen-bond donors (Lipinski definition) is 2. The lowest BCUT2D eigenvalue weighted by Gasteiger charge is -2.33. The van der Waals surface area contributed by atoms with Gasteiger partial charge in [-0.25, -0.2) is 0 Å². The van der Waals surface area contributed by atoms with Gasteiger partial charge in [0.15, 0.2) is 5.96 Å². The highest BCUT2D eigenvalue weighted by molar-refractivity contribution is 5.79. The van der Waals surface area contributed by atoms with E-state index in [1.807, 2.05) is 7.05 Å². The zero-order valence-corrected chi connectivity index (χ0v) is 16.8. The van der Waals surface area contributed by atoms with E-state index >= 15 is 0 Å². The Morgan fingerprint density at radius 1 is 1.23 bits per heavy atom. The molecular formula is C20H38N4O2. The van der Waals surface area contributed by atoms with Crippen LogP contribution in [0.1, 0.15) is 39.0 Å². The Morgan fingerprint density at radius 2 is 1.96 bits per heavy atom. The number of nitrogens with one attached hydrogen (secondary N) is 2. The van der Waals surface area contributed by atoms with Gasteiger partial charge in [-0.2, -0.15) is 0 Å². The number of likely N-dealkylation sites (tertiary alicyclic amines) is 1. The van der Waals surface area contributed by atoms with Gasteiger partial charge >= 0.3 is 0 Å². The van der Waals surface area contributed by atoms with Crippen molar-refractivity contribution in [1.82, 2.24) is 15.5 Å². The van der Waals surface area contributed by atoms with E-state index in [9.17, 15) is 0 Å². The molecule has 0 aromatic heterocycles. The van der Waals surface area contributed by atoms with Crippen molar-refractivity contribution in [1.29, 1.82) is 0 Å². The Balaban J connectivity index is 1.50. The molecule has 0 bridgehead atoms. The zero-order chi connectivity index (χ0) is 18.6. The van der Waals surface area contributed by atoms with Crippen molar-refractivity contribution >= 4 is 5.96 Å². The lowest BCUT2D eigenvalue weighted by atomic mass is 10.0. The summed E-state index contributed by atoms with van der Waals surface area (Å²) in [6.45, 7) is 13.7. The summed E-state index contributed by atoms with van der Waals surface area (Å²) >= 11 is 0. The third-order valence-electron chi connectivity index (χ3n) is 5.10. The van der Waals surface area contributed by atoms with E-state index in [0.717, 1.165) is 90.7 Å². The maximum atomic E-state index is 5.81. The number of rotatable bonds is 9. The van der Waals surface area contributed by atoms with Gasteiger partial charge < -0.3 is 20.1 Å². The second kappa shape index (κ2) is 12.3. The van der Waals surface area contributed by atoms with Gasteiger partial charge in [0, 0.05) is 65.7 Å². The topological polar surface area (TPSA) is 58.1 Å². The highest BCUT2D eigenvalue weighted by atomic mass is 16.5. The first-order chi connectivity index (χ1) is 12.7. The van der Waals surface area contributed by atoms with Gasteiger partial charge in [-0.15, -0.1) is 0 Å². The summed E-state index contributed by atoms with van der Waals surface area (Å²) in [5, 5.41) is 6.97. The van der Waals surface area contributed by atoms with Crippen LogP contribution in [-0.2, 0) is 9.47 Å². The Hall–Kier alpha value is -1.11. The molecule has 0 radical (unpaired) electrons. The highest BCUT2D eigenvalue weighted by Crippen LogP contribution is 2.14. The van der Waals surface area contributed by atoms with Crippen molar-refractivity contribution in [3.05, 3.63) is 12.2 Å². The van der Waals surface area contributed by atoms with Crippen LogP contribution in [0.4, 0.5) is 0 Å². The third-order valence-corrected chi connectivity index (χ3v) is 5.10. The van der Waals surface area contributed by atoms with E-state index in [4.69, 9.17) is 9.47 Å². The summed E-state index contributed by atoms with van der Waals surface area (Å²) in [5.41, 5.74) is 1.24.